The second-order valence-electron chi connectivity index (χ2n) is 6.06. The monoisotopic (exact) mass is 330 g/mol. The Hall–Kier alpha value is -1.44. The van der Waals surface area contributed by atoms with E-state index in [1.54, 1.807) is 32.9 Å². The highest BCUT2D eigenvalue weighted by atomic mass is 32.2. The summed E-state index contributed by atoms with van der Waals surface area (Å²) in [6.07, 6.45) is -2.96. The molecule has 124 valence electrons. The molecule has 0 aliphatic carbocycles. The Morgan fingerprint density at radius 3 is 2.09 bits per heavy atom. The van der Waals surface area contributed by atoms with Gasteiger partial charge in [0.05, 0.1) is 11.0 Å². The molecule has 0 aliphatic heterocycles. The first kappa shape index (κ1) is 18.6. The van der Waals surface area contributed by atoms with Crippen molar-refractivity contribution in [3.05, 3.63) is 29.8 Å². The van der Waals surface area contributed by atoms with Gasteiger partial charge in [-0.1, -0.05) is 17.7 Å². The van der Waals surface area contributed by atoms with E-state index < -0.39 is 33.9 Å². The van der Waals surface area contributed by atoms with Gasteiger partial charge in [0.25, 0.3) is 10.1 Å². The van der Waals surface area contributed by atoms with E-state index in [1.165, 1.54) is 19.1 Å². The van der Waals surface area contributed by atoms with Crippen LogP contribution in [0.15, 0.2) is 29.2 Å². The minimum Gasteiger partial charge on any atom is -0.458 e. The van der Waals surface area contributed by atoms with E-state index in [0.29, 0.717) is 0 Å². The summed E-state index contributed by atoms with van der Waals surface area (Å²) in [5, 5.41) is 9.64. The lowest BCUT2D eigenvalue weighted by molar-refractivity contribution is -0.167. The lowest BCUT2D eigenvalue weighted by Crippen LogP contribution is -2.41. The van der Waals surface area contributed by atoms with E-state index in [9.17, 15) is 18.3 Å². The average molecular weight is 330 g/mol. The molecular formula is C15H22O6S. The van der Waals surface area contributed by atoms with Crippen molar-refractivity contribution in [1.82, 2.24) is 0 Å². The molecule has 7 heteroatoms. The average Bonchev–Trinajstić information content (AvgIpc) is 2.34. The Labute approximate surface area is 131 Å². The first-order chi connectivity index (χ1) is 9.92. The molecule has 6 nitrogen and oxygen atoms in total. The summed E-state index contributed by atoms with van der Waals surface area (Å²) in [5.41, 5.74) is 0.0689. The van der Waals surface area contributed by atoms with Crippen LogP contribution in [-0.4, -0.2) is 37.3 Å². The molecule has 0 bridgehead atoms. The SMILES string of the molecule is Cc1ccc(S(=O)(=O)OC(C(=O)OC(C)(C)C)C(C)O)cc1. The van der Waals surface area contributed by atoms with Crippen molar-refractivity contribution >= 4 is 16.1 Å². The Morgan fingerprint density at radius 1 is 1.18 bits per heavy atom. The standard InChI is InChI=1S/C15H22O6S/c1-10-6-8-12(9-7-10)22(18,19)21-13(11(2)16)14(17)20-15(3,4)5/h6-9,11,13,16H,1-5H3. The molecule has 1 N–H and O–H groups in total. The third-order valence-corrected chi connectivity index (χ3v) is 3.93. The van der Waals surface area contributed by atoms with Crippen LogP contribution in [0.1, 0.15) is 33.3 Å². The number of ether oxygens (including phenoxy) is 1. The highest BCUT2D eigenvalue weighted by molar-refractivity contribution is 7.86. The Kier molecular flexibility index (Phi) is 5.72. The summed E-state index contributed by atoms with van der Waals surface area (Å²) >= 11 is 0. The lowest BCUT2D eigenvalue weighted by Gasteiger charge is -2.25. The van der Waals surface area contributed by atoms with Gasteiger partial charge in [-0.2, -0.15) is 8.42 Å². The molecule has 0 saturated carbocycles. The van der Waals surface area contributed by atoms with Crippen LogP contribution >= 0.6 is 0 Å². The number of rotatable bonds is 5. The van der Waals surface area contributed by atoms with Crippen LogP contribution in [0.5, 0.6) is 0 Å². The molecule has 0 amide bonds. The van der Waals surface area contributed by atoms with E-state index in [1.807, 2.05) is 6.92 Å². The van der Waals surface area contributed by atoms with Crippen LogP contribution in [-0.2, 0) is 23.8 Å². The zero-order chi connectivity index (χ0) is 17.1. The normalized spacial score (nSPS) is 15.2. The second-order valence-corrected chi connectivity index (χ2v) is 7.63. The summed E-state index contributed by atoms with van der Waals surface area (Å²) in [7, 11) is -4.18. The maximum Gasteiger partial charge on any atom is 0.340 e. The fraction of sp³-hybridized carbons (Fsp3) is 0.533. The Bertz CT molecular complexity index is 610. The van der Waals surface area contributed by atoms with E-state index >= 15 is 0 Å². The smallest absolute Gasteiger partial charge is 0.340 e. The first-order valence-corrected chi connectivity index (χ1v) is 8.24. The largest absolute Gasteiger partial charge is 0.458 e. The topological polar surface area (TPSA) is 89.9 Å². The van der Waals surface area contributed by atoms with Crippen LogP contribution < -0.4 is 0 Å². The molecule has 22 heavy (non-hydrogen) atoms. The summed E-state index contributed by atoms with van der Waals surface area (Å²) in [6.45, 7) is 7.99. The van der Waals surface area contributed by atoms with Gasteiger partial charge in [-0.15, -0.1) is 0 Å². The number of hydrogen-bond donors (Lipinski definition) is 1. The molecule has 0 aromatic heterocycles. The van der Waals surface area contributed by atoms with Crippen molar-refractivity contribution in [3.8, 4) is 0 Å². The number of benzene rings is 1. The highest BCUT2D eigenvalue weighted by Gasteiger charge is 2.34. The lowest BCUT2D eigenvalue weighted by atomic mass is 10.2. The second kappa shape index (κ2) is 6.76. The van der Waals surface area contributed by atoms with Crippen molar-refractivity contribution in [2.45, 2.75) is 57.3 Å². The van der Waals surface area contributed by atoms with Gasteiger partial charge in [0.15, 0.2) is 6.10 Å². The quantitative estimate of drug-likeness (QED) is 0.654. The van der Waals surface area contributed by atoms with Crippen LogP contribution in [0.3, 0.4) is 0 Å². The number of carbonyl (C=O) groups excluding carboxylic acids is 1. The molecule has 0 fully saturated rings. The fourth-order valence-electron chi connectivity index (χ4n) is 1.57. The fourth-order valence-corrected chi connectivity index (χ4v) is 2.67. The van der Waals surface area contributed by atoms with Gasteiger partial charge in [-0.25, -0.2) is 8.98 Å². The number of aliphatic hydroxyl groups is 1. The molecule has 0 spiro atoms. The van der Waals surface area contributed by atoms with E-state index in [-0.39, 0.29) is 4.90 Å². The molecule has 0 radical (unpaired) electrons. The summed E-state index contributed by atoms with van der Waals surface area (Å²) in [5.74, 6) is -0.932. The first-order valence-electron chi connectivity index (χ1n) is 6.83. The zero-order valence-electron chi connectivity index (χ0n) is 13.4. The van der Waals surface area contributed by atoms with Crippen molar-refractivity contribution in [1.29, 1.82) is 0 Å². The third kappa shape index (κ3) is 5.40. The van der Waals surface area contributed by atoms with Gasteiger partial charge in [-0.05, 0) is 46.8 Å². The van der Waals surface area contributed by atoms with E-state index in [0.717, 1.165) is 5.56 Å². The minimum atomic E-state index is -4.18. The zero-order valence-corrected chi connectivity index (χ0v) is 14.2. The number of carbonyl (C=O) groups is 1. The summed E-state index contributed by atoms with van der Waals surface area (Å²) in [4.78, 5) is 11.9. The number of aryl methyl sites for hydroxylation is 1. The minimum absolute atomic E-state index is 0.0905. The van der Waals surface area contributed by atoms with Gasteiger partial charge in [-0.3, -0.25) is 0 Å². The van der Waals surface area contributed by atoms with Crippen LogP contribution in [0.4, 0.5) is 0 Å². The molecule has 0 aliphatic rings. The molecule has 0 saturated heterocycles. The number of aliphatic hydroxyl groups excluding tert-OH is 1. The molecule has 1 aromatic carbocycles. The third-order valence-electron chi connectivity index (χ3n) is 2.62. The van der Waals surface area contributed by atoms with Crippen LogP contribution in [0, 0.1) is 6.92 Å². The van der Waals surface area contributed by atoms with E-state index in [2.05, 4.69) is 0 Å². The Morgan fingerprint density at radius 2 is 1.68 bits per heavy atom. The van der Waals surface area contributed by atoms with Crippen molar-refractivity contribution < 1.29 is 27.2 Å². The summed E-state index contributed by atoms with van der Waals surface area (Å²) < 4.78 is 34.3. The molecule has 2 atom stereocenters. The predicted molar refractivity (Wildman–Crippen MR) is 80.8 cm³/mol. The van der Waals surface area contributed by atoms with Crippen molar-refractivity contribution in [2.75, 3.05) is 0 Å². The maximum atomic E-state index is 12.2. The van der Waals surface area contributed by atoms with Crippen LogP contribution in [0.25, 0.3) is 0 Å². The summed E-state index contributed by atoms with van der Waals surface area (Å²) in [6, 6.07) is 5.97. The van der Waals surface area contributed by atoms with E-state index in [4.69, 9.17) is 8.92 Å². The highest BCUT2D eigenvalue weighted by Crippen LogP contribution is 2.19. The van der Waals surface area contributed by atoms with Gasteiger partial charge < -0.3 is 9.84 Å². The van der Waals surface area contributed by atoms with Crippen molar-refractivity contribution in [3.63, 3.8) is 0 Å². The Balaban J connectivity index is 3.00. The van der Waals surface area contributed by atoms with Gasteiger partial charge in [0.2, 0.25) is 0 Å². The number of esters is 1. The predicted octanol–water partition coefficient (Wildman–Crippen LogP) is 1.79. The van der Waals surface area contributed by atoms with Gasteiger partial charge in [0, 0.05) is 0 Å². The molecule has 0 heterocycles. The molecular weight excluding hydrogens is 308 g/mol. The number of hydrogen-bond acceptors (Lipinski definition) is 6. The van der Waals surface area contributed by atoms with Gasteiger partial charge >= 0.3 is 5.97 Å². The molecule has 1 aromatic rings. The maximum absolute atomic E-state index is 12.2. The van der Waals surface area contributed by atoms with Crippen LogP contribution in [0.2, 0.25) is 0 Å². The molecule has 1 rings (SSSR count). The van der Waals surface area contributed by atoms with Crippen molar-refractivity contribution in [2.24, 2.45) is 0 Å². The molecule has 2 unspecified atom stereocenters. The van der Waals surface area contributed by atoms with Gasteiger partial charge in [0.1, 0.15) is 5.60 Å².